The number of hydrogen-bond donors (Lipinski definition) is 1. The third kappa shape index (κ3) is 4.24. The molecule has 17 heavy (non-hydrogen) atoms. The molecule has 0 unspecified atom stereocenters. The van der Waals surface area contributed by atoms with Crippen molar-refractivity contribution in [3.8, 4) is 5.75 Å². The number of rotatable bonds is 8. The highest BCUT2D eigenvalue weighted by atomic mass is 17.8. The fraction of sp³-hybridized carbons (Fsp3) is 0. The van der Waals surface area contributed by atoms with E-state index in [1.807, 2.05) is 0 Å². The molecule has 1 rings (SSSR count). The molecule has 0 radical (unpaired) electrons. The molecule has 0 bridgehead atoms. The third-order valence-electron chi connectivity index (χ3n) is 1.55. The predicted octanol–water partition coefficient (Wildman–Crippen LogP) is 0.222. The van der Waals surface area contributed by atoms with Crippen LogP contribution in [0.2, 0.25) is 0 Å². The van der Waals surface area contributed by atoms with Gasteiger partial charge in [0.2, 0.25) is 0 Å². The average Bonchev–Trinajstić information content (AvgIpc) is 2.38. The van der Waals surface area contributed by atoms with E-state index in [4.69, 9.17) is 0 Å². The van der Waals surface area contributed by atoms with Crippen LogP contribution in [-0.2, 0) is 25.1 Å². The van der Waals surface area contributed by atoms with Crippen LogP contribution in [0, 0.1) is 0 Å². The van der Waals surface area contributed by atoms with Crippen LogP contribution in [0.5, 0.6) is 5.75 Å². The van der Waals surface area contributed by atoms with Gasteiger partial charge in [0.25, 0.3) is 0 Å². The number of benzene rings is 1. The Morgan fingerprint density at radius 3 is 2.41 bits per heavy atom. The molecular formula is C8H7NO8. The minimum atomic E-state index is -0.0538. The fourth-order valence-corrected chi connectivity index (χ4v) is 0.883. The molecule has 0 amide bonds. The monoisotopic (exact) mass is 245 g/mol. The summed E-state index contributed by atoms with van der Waals surface area (Å²) in [4.78, 5) is 29.1. The predicted molar refractivity (Wildman–Crippen MR) is 47.5 cm³/mol. The Labute approximate surface area is 94.1 Å². The van der Waals surface area contributed by atoms with Crippen LogP contribution >= 0.6 is 0 Å². The molecule has 0 aliphatic rings. The van der Waals surface area contributed by atoms with Gasteiger partial charge in [-0.2, -0.15) is 5.90 Å². The molecule has 9 nitrogen and oxygen atoms in total. The molecule has 0 fully saturated rings. The van der Waals surface area contributed by atoms with Crippen molar-refractivity contribution in [1.82, 2.24) is 0 Å². The summed E-state index contributed by atoms with van der Waals surface area (Å²) < 4.78 is 0. The highest BCUT2D eigenvalue weighted by molar-refractivity contribution is 5.83. The first kappa shape index (κ1) is 13.2. The summed E-state index contributed by atoms with van der Waals surface area (Å²) >= 11 is 0. The Morgan fingerprint density at radius 1 is 1.00 bits per heavy atom. The second kappa shape index (κ2) is 7.40. The molecule has 92 valence electrons. The first-order valence-electron chi connectivity index (χ1n) is 4.06. The summed E-state index contributed by atoms with van der Waals surface area (Å²) in [7, 11) is 0. The number of hydrogen-bond acceptors (Lipinski definition) is 9. The average molecular weight is 245 g/mol. The number of aldehydes is 2. The van der Waals surface area contributed by atoms with E-state index >= 15 is 0 Å². The van der Waals surface area contributed by atoms with Crippen molar-refractivity contribution in [2.24, 2.45) is 5.90 Å². The van der Waals surface area contributed by atoms with Gasteiger partial charge in [-0.15, -0.1) is 4.99 Å². The van der Waals surface area contributed by atoms with E-state index in [-0.39, 0.29) is 16.9 Å². The Kier molecular flexibility index (Phi) is 5.74. The molecule has 0 heterocycles. The highest BCUT2D eigenvalue weighted by Crippen LogP contribution is 2.18. The maximum absolute atomic E-state index is 10.6. The molecule has 9 heteroatoms. The molecule has 0 atom stereocenters. The topological polar surface area (TPSA) is 116 Å². The van der Waals surface area contributed by atoms with Gasteiger partial charge >= 0.3 is 0 Å². The minimum Gasteiger partial charge on any atom is -0.305 e. The van der Waals surface area contributed by atoms with E-state index in [2.05, 4.69) is 35.9 Å². The van der Waals surface area contributed by atoms with E-state index in [0.717, 1.165) is 0 Å². The zero-order valence-corrected chi connectivity index (χ0v) is 8.23. The molecule has 0 aromatic heterocycles. The summed E-state index contributed by atoms with van der Waals surface area (Å²) in [6, 6.07) is 4.03. The summed E-state index contributed by atoms with van der Waals surface area (Å²) in [5.74, 6) is 4.34. The summed E-state index contributed by atoms with van der Waals surface area (Å²) in [6.07, 6.45) is 1.05. The van der Waals surface area contributed by atoms with E-state index in [1.54, 1.807) is 0 Å². The highest BCUT2D eigenvalue weighted by Gasteiger charge is 2.06. The number of carbonyl (C=O) groups is 2. The molecule has 1 aromatic carbocycles. The lowest BCUT2D eigenvalue weighted by atomic mass is 10.1. The van der Waals surface area contributed by atoms with Crippen LogP contribution < -0.4 is 10.8 Å². The van der Waals surface area contributed by atoms with Gasteiger partial charge in [0.15, 0.2) is 12.0 Å². The van der Waals surface area contributed by atoms with E-state index < -0.39 is 0 Å². The number of nitrogens with two attached hydrogens (primary N) is 1. The van der Waals surface area contributed by atoms with Crippen molar-refractivity contribution in [3.05, 3.63) is 29.3 Å². The molecule has 0 saturated carbocycles. The van der Waals surface area contributed by atoms with Gasteiger partial charge in [0.05, 0.1) is 5.56 Å². The van der Waals surface area contributed by atoms with Crippen LogP contribution in [0.3, 0.4) is 0 Å². The Bertz CT molecular complexity index is 382. The van der Waals surface area contributed by atoms with Crippen molar-refractivity contribution < 1.29 is 39.6 Å². The minimum absolute atomic E-state index is 0.0538. The SMILES string of the molecule is NOOOOOOc1cc(C=O)ccc1C=O. The van der Waals surface area contributed by atoms with Gasteiger partial charge in [-0.1, -0.05) is 6.07 Å². The second-order valence-electron chi connectivity index (χ2n) is 2.48. The Morgan fingerprint density at radius 2 is 1.76 bits per heavy atom. The molecule has 0 spiro atoms. The van der Waals surface area contributed by atoms with Crippen molar-refractivity contribution in [1.29, 1.82) is 0 Å². The molecule has 1 aromatic rings. The van der Waals surface area contributed by atoms with Gasteiger partial charge < -0.3 is 4.89 Å². The molecule has 2 N–H and O–H groups in total. The molecule has 0 aliphatic carbocycles. The summed E-state index contributed by atoms with van der Waals surface area (Å²) in [5.41, 5.74) is 0.409. The number of carbonyl (C=O) groups excluding carboxylic acids is 2. The first-order valence-corrected chi connectivity index (χ1v) is 4.06. The largest absolute Gasteiger partial charge is 0.305 e. The van der Waals surface area contributed by atoms with Crippen LogP contribution in [0.15, 0.2) is 18.2 Å². The van der Waals surface area contributed by atoms with Crippen molar-refractivity contribution in [2.75, 3.05) is 0 Å². The smallest absolute Gasteiger partial charge is 0.180 e. The van der Waals surface area contributed by atoms with E-state index in [0.29, 0.717) is 12.6 Å². The molecule has 0 saturated heterocycles. The van der Waals surface area contributed by atoms with Crippen LogP contribution in [0.25, 0.3) is 0 Å². The van der Waals surface area contributed by atoms with E-state index in [9.17, 15) is 9.59 Å². The van der Waals surface area contributed by atoms with Crippen molar-refractivity contribution in [2.45, 2.75) is 0 Å². The van der Waals surface area contributed by atoms with Crippen molar-refractivity contribution >= 4 is 12.6 Å². The Balaban J connectivity index is 2.55. The van der Waals surface area contributed by atoms with Crippen LogP contribution in [0.4, 0.5) is 0 Å². The first-order chi connectivity index (χ1) is 8.31. The fourth-order valence-electron chi connectivity index (χ4n) is 0.883. The molecule has 0 aliphatic heterocycles. The Hall–Kier alpha value is -1.88. The maximum Gasteiger partial charge on any atom is 0.180 e. The standard InChI is InChI=1S/C8H7NO8/c9-13-15-17-16-14-12-8-3-6(4-10)1-2-7(8)5-11/h1-5H,9H2. The van der Waals surface area contributed by atoms with Crippen molar-refractivity contribution in [3.63, 3.8) is 0 Å². The third-order valence-corrected chi connectivity index (χ3v) is 1.55. The lowest BCUT2D eigenvalue weighted by molar-refractivity contribution is -0.746. The normalized spacial score (nSPS) is 9.94. The van der Waals surface area contributed by atoms with Crippen LogP contribution in [0.1, 0.15) is 20.7 Å². The lowest BCUT2D eigenvalue weighted by Gasteiger charge is -2.04. The summed E-state index contributed by atoms with van der Waals surface area (Å²) in [5, 5.41) is 15.1. The van der Waals surface area contributed by atoms with Gasteiger partial charge in [0, 0.05) is 15.6 Å². The summed E-state index contributed by atoms with van der Waals surface area (Å²) in [6.45, 7) is 0. The zero-order chi connectivity index (χ0) is 12.5. The van der Waals surface area contributed by atoms with E-state index in [1.165, 1.54) is 18.2 Å². The zero-order valence-electron chi connectivity index (χ0n) is 8.23. The van der Waals surface area contributed by atoms with Gasteiger partial charge in [-0.25, -0.2) is 0 Å². The quantitative estimate of drug-likeness (QED) is 0.297. The van der Waals surface area contributed by atoms with Gasteiger partial charge in [-0.05, 0) is 22.2 Å². The lowest BCUT2D eigenvalue weighted by Crippen LogP contribution is -2.06. The van der Waals surface area contributed by atoms with Crippen LogP contribution in [-0.4, -0.2) is 12.6 Å². The van der Waals surface area contributed by atoms with Gasteiger partial charge in [0.1, 0.15) is 6.29 Å². The molecular weight excluding hydrogens is 238 g/mol. The maximum atomic E-state index is 10.6. The second-order valence-corrected chi connectivity index (χ2v) is 2.48. The van der Waals surface area contributed by atoms with Gasteiger partial charge in [-0.3, -0.25) is 9.59 Å².